The Bertz CT molecular complexity index is 888. The highest BCUT2D eigenvalue weighted by molar-refractivity contribution is 5.78. The number of hydrogen-bond acceptors (Lipinski definition) is 2. The molecule has 0 spiro atoms. The predicted octanol–water partition coefficient (Wildman–Crippen LogP) is 5.84. The molecule has 28 heavy (non-hydrogen) atoms. The van der Waals surface area contributed by atoms with Crippen molar-refractivity contribution in [3.8, 4) is 22.5 Å². The van der Waals surface area contributed by atoms with Crippen LogP contribution in [0.2, 0.25) is 0 Å². The van der Waals surface area contributed by atoms with Crippen molar-refractivity contribution in [1.29, 1.82) is 0 Å². The van der Waals surface area contributed by atoms with E-state index in [1.807, 2.05) is 42.5 Å². The molecule has 3 nitrogen and oxygen atoms in total. The maximum atomic E-state index is 5.35. The summed E-state index contributed by atoms with van der Waals surface area (Å²) in [5.41, 5.74) is 11.0. The van der Waals surface area contributed by atoms with Gasteiger partial charge in [0.2, 0.25) is 0 Å². The van der Waals surface area contributed by atoms with E-state index in [0.717, 1.165) is 35.6 Å². The fourth-order valence-corrected chi connectivity index (χ4v) is 3.01. The van der Waals surface area contributed by atoms with Gasteiger partial charge in [-0.15, -0.1) is 0 Å². The number of benzene rings is 3. The minimum atomic E-state index is 0.640. The summed E-state index contributed by atoms with van der Waals surface area (Å²) in [6.07, 6.45) is 2.07. The maximum Gasteiger partial charge on any atom is 0.107 e. The van der Waals surface area contributed by atoms with Gasteiger partial charge in [0.15, 0.2) is 0 Å². The Kier molecular flexibility index (Phi) is 7.16. The van der Waals surface area contributed by atoms with Crippen LogP contribution in [0.1, 0.15) is 24.7 Å². The molecule has 0 fully saturated rings. The lowest BCUT2D eigenvalue weighted by molar-refractivity contribution is 0.858. The van der Waals surface area contributed by atoms with Crippen LogP contribution in [-0.2, 0) is 13.0 Å². The highest BCUT2D eigenvalue weighted by Crippen LogP contribution is 2.30. The molecule has 0 saturated carbocycles. The van der Waals surface area contributed by atoms with Gasteiger partial charge in [-0.2, -0.15) is 0 Å². The summed E-state index contributed by atoms with van der Waals surface area (Å²) in [7, 11) is 0. The normalized spacial score (nSPS) is 10.2. The predicted molar refractivity (Wildman–Crippen MR) is 118 cm³/mol. The molecular formula is C25H27N3. The zero-order valence-corrected chi connectivity index (χ0v) is 16.3. The second kappa shape index (κ2) is 10.2. The largest absolute Gasteiger partial charge is 0.341 e. The summed E-state index contributed by atoms with van der Waals surface area (Å²) < 4.78 is 0. The quantitative estimate of drug-likeness (QED) is 0.464. The fourth-order valence-electron chi connectivity index (χ4n) is 3.01. The average Bonchev–Trinajstić information content (AvgIpc) is 3.20. The molecule has 0 radical (unpaired) electrons. The van der Waals surface area contributed by atoms with Crippen molar-refractivity contribution < 1.29 is 0 Å². The molecule has 0 aliphatic rings. The lowest BCUT2D eigenvalue weighted by atomic mass is 10.1. The van der Waals surface area contributed by atoms with Crippen molar-refractivity contribution >= 4 is 0 Å². The number of hydrogen-bond donors (Lipinski definition) is 2. The summed E-state index contributed by atoms with van der Waals surface area (Å²) >= 11 is 0. The topological polar surface area (TPSA) is 54.7 Å². The van der Waals surface area contributed by atoms with Crippen LogP contribution in [0, 0.1) is 0 Å². The fraction of sp³-hybridized carbons (Fsp3) is 0.160. The second-order valence-corrected chi connectivity index (χ2v) is 6.58. The monoisotopic (exact) mass is 369 g/mol. The van der Waals surface area contributed by atoms with Gasteiger partial charge < -0.3 is 10.7 Å². The molecule has 3 heteroatoms. The van der Waals surface area contributed by atoms with Gasteiger partial charge in [-0.05, 0) is 12.0 Å². The number of rotatable bonds is 5. The number of imidazole rings is 1. The SMILES string of the molecule is CCCc1nc(-c2ccccc2)c(-c2ccccc2)[nH]1.NCc1ccccc1. The van der Waals surface area contributed by atoms with E-state index in [-0.39, 0.29) is 0 Å². The van der Waals surface area contributed by atoms with Crippen molar-refractivity contribution in [1.82, 2.24) is 9.97 Å². The number of aromatic nitrogens is 2. The van der Waals surface area contributed by atoms with Gasteiger partial charge in [-0.1, -0.05) is 97.9 Å². The van der Waals surface area contributed by atoms with Gasteiger partial charge in [0.1, 0.15) is 5.82 Å². The first-order valence-corrected chi connectivity index (χ1v) is 9.75. The number of nitrogens with two attached hydrogens (primary N) is 1. The van der Waals surface area contributed by atoms with Gasteiger partial charge in [-0.25, -0.2) is 4.98 Å². The lowest BCUT2D eigenvalue weighted by Gasteiger charge is -2.02. The molecule has 0 amide bonds. The van der Waals surface area contributed by atoms with Crippen LogP contribution in [0.5, 0.6) is 0 Å². The van der Waals surface area contributed by atoms with Crippen LogP contribution in [0.15, 0.2) is 91.0 Å². The van der Waals surface area contributed by atoms with E-state index in [9.17, 15) is 0 Å². The average molecular weight is 370 g/mol. The third kappa shape index (κ3) is 5.18. The Balaban J connectivity index is 0.000000236. The maximum absolute atomic E-state index is 5.35. The van der Waals surface area contributed by atoms with E-state index in [0.29, 0.717) is 6.54 Å². The second-order valence-electron chi connectivity index (χ2n) is 6.58. The van der Waals surface area contributed by atoms with Crippen molar-refractivity contribution in [2.45, 2.75) is 26.3 Å². The zero-order chi connectivity index (χ0) is 19.6. The highest BCUT2D eigenvalue weighted by Gasteiger charge is 2.13. The van der Waals surface area contributed by atoms with Crippen LogP contribution < -0.4 is 5.73 Å². The van der Waals surface area contributed by atoms with Gasteiger partial charge in [-0.3, -0.25) is 0 Å². The van der Waals surface area contributed by atoms with Crippen molar-refractivity contribution in [2.24, 2.45) is 5.73 Å². The van der Waals surface area contributed by atoms with Crippen LogP contribution in [-0.4, -0.2) is 9.97 Å². The molecule has 0 atom stereocenters. The van der Waals surface area contributed by atoms with Crippen molar-refractivity contribution in [3.63, 3.8) is 0 Å². The first kappa shape index (κ1) is 19.6. The molecule has 4 rings (SSSR count). The molecule has 3 N–H and O–H groups in total. The highest BCUT2D eigenvalue weighted by atomic mass is 14.9. The first-order valence-electron chi connectivity index (χ1n) is 9.75. The summed E-state index contributed by atoms with van der Waals surface area (Å²) in [4.78, 5) is 8.28. The summed E-state index contributed by atoms with van der Waals surface area (Å²) in [5, 5.41) is 0. The Labute approximate surface area is 167 Å². The Morgan fingerprint density at radius 1 is 0.750 bits per heavy atom. The summed E-state index contributed by atoms with van der Waals surface area (Å²) in [6, 6.07) is 30.7. The standard InChI is InChI=1S/C18H18N2.C7H9N/c1-2-9-16-19-17(14-10-5-3-6-11-14)18(20-16)15-12-7-4-8-13-15;8-6-7-4-2-1-3-5-7/h3-8,10-13H,2,9H2,1H3,(H,19,20);1-5H,6,8H2. The molecular weight excluding hydrogens is 342 g/mol. The van der Waals surface area contributed by atoms with E-state index in [1.165, 1.54) is 11.1 Å². The van der Waals surface area contributed by atoms with Gasteiger partial charge in [0, 0.05) is 24.1 Å². The summed E-state index contributed by atoms with van der Waals surface area (Å²) in [6.45, 7) is 2.81. The van der Waals surface area contributed by atoms with E-state index in [2.05, 4.69) is 60.4 Å². The molecule has 0 aliphatic carbocycles. The number of aryl methyl sites for hydroxylation is 1. The Morgan fingerprint density at radius 2 is 1.29 bits per heavy atom. The molecule has 0 aliphatic heterocycles. The van der Waals surface area contributed by atoms with Crippen molar-refractivity contribution in [2.75, 3.05) is 0 Å². The van der Waals surface area contributed by atoms with E-state index in [1.54, 1.807) is 0 Å². The first-order chi connectivity index (χ1) is 13.8. The minimum Gasteiger partial charge on any atom is -0.341 e. The molecule has 0 unspecified atom stereocenters. The molecule has 0 bridgehead atoms. The van der Waals surface area contributed by atoms with E-state index in [4.69, 9.17) is 10.7 Å². The van der Waals surface area contributed by atoms with Gasteiger partial charge in [0.25, 0.3) is 0 Å². The zero-order valence-electron chi connectivity index (χ0n) is 16.3. The molecule has 1 aromatic heterocycles. The van der Waals surface area contributed by atoms with Crippen LogP contribution in [0.3, 0.4) is 0 Å². The minimum absolute atomic E-state index is 0.640. The smallest absolute Gasteiger partial charge is 0.107 e. The molecule has 142 valence electrons. The summed E-state index contributed by atoms with van der Waals surface area (Å²) in [5.74, 6) is 1.06. The Morgan fingerprint density at radius 3 is 1.79 bits per heavy atom. The number of nitrogens with one attached hydrogen (secondary N) is 1. The number of nitrogens with zero attached hydrogens (tertiary/aromatic N) is 1. The number of aromatic amines is 1. The van der Waals surface area contributed by atoms with E-state index >= 15 is 0 Å². The molecule has 4 aromatic rings. The lowest BCUT2D eigenvalue weighted by Crippen LogP contribution is -1.94. The molecule has 1 heterocycles. The van der Waals surface area contributed by atoms with Crippen molar-refractivity contribution in [3.05, 3.63) is 102 Å². The van der Waals surface area contributed by atoms with E-state index < -0.39 is 0 Å². The number of H-pyrrole nitrogens is 1. The molecule has 3 aromatic carbocycles. The molecule has 0 saturated heterocycles. The Hall–Kier alpha value is -3.17. The van der Waals surface area contributed by atoms with Crippen LogP contribution in [0.25, 0.3) is 22.5 Å². The third-order valence-corrected chi connectivity index (χ3v) is 4.43. The van der Waals surface area contributed by atoms with Gasteiger partial charge >= 0.3 is 0 Å². The van der Waals surface area contributed by atoms with Gasteiger partial charge in [0.05, 0.1) is 11.4 Å². The van der Waals surface area contributed by atoms with Crippen LogP contribution >= 0.6 is 0 Å². The van der Waals surface area contributed by atoms with Crippen LogP contribution in [0.4, 0.5) is 0 Å². The third-order valence-electron chi connectivity index (χ3n) is 4.43.